The number of rotatable bonds is 5. The van der Waals surface area contributed by atoms with E-state index < -0.39 is 0 Å². The van der Waals surface area contributed by atoms with Gasteiger partial charge in [-0.1, -0.05) is 133 Å². The maximum Gasteiger partial charge on any atom is 0.0465 e. The molecule has 0 unspecified atom stereocenters. The molecule has 5 aromatic rings. The summed E-state index contributed by atoms with van der Waals surface area (Å²) < 4.78 is 0. The highest BCUT2D eigenvalue weighted by Crippen LogP contribution is 2.59. The first-order valence-corrected chi connectivity index (χ1v) is 19.2. The molecule has 0 atom stereocenters. The van der Waals surface area contributed by atoms with Crippen molar-refractivity contribution in [3.05, 3.63) is 137 Å². The van der Waals surface area contributed by atoms with Gasteiger partial charge in [-0.15, -0.1) is 0 Å². The van der Waals surface area contributed by atoms with Crippen molar-refractivity contribution in [2.75, 3.05) is 4.90 Å². The third-order valence-corrected chi connectivity index (χ3v) is 13.1. The summed E-state index contributed by atoms with van der Waals surface area (Å²) in [6, 6.07) is 40.5. The first-order valence-electron chi connectivity index (χ1n) is 19.2. The molecule has 49 heavy (non-hydrogen) atoms. The largest absolute Gasteiger partial charge is 0.310 e. The molecule has 4 aliphatic carbocycles. The Kier molecular flexibility index (Phi) is 7.42. The van der Waals surface area contributed by atoms with Crippen LogP contribution < -0.4 is 4.90 Å². The molecule has 0 bridgehead atoms. The number of nitrogens with zero attached hydrogens (tertiary/aromatic N) is 1. The average molecular weight is 642 g/mol. The van der Waals surface area contributed by atoms with Crippen LogP contribution in [0.4, 0.5) is 17.1 Å². The molecule has 0 aliphatic heterocycles. The van der Waals surface area contributed by atoms with Crippen LogP contribution in [0.3, 0.4) is 0 Å². The van der Waals surface area contributed by atoms with Crippen LogP contribution in [0.15, 0.2) is 103 Å². The molecule has 9 rings (SSSR count). The average Bonchev–Trinajstić information content (AvgIpc) is 3.52. The van der Waals surface area contributed by atoms with Gasteiger partial charge in [0.1, 0.15) is 0 Å². The Morgan fingerprint density at radius 3 is 1.57 bits per heavy atom. The van der Waals surface area contributed by atoms with Gasteiger partial charge in [-0.25, -0.2) is 0 Å². The predicted molar refractivity (Wildman–Crippen MR) is 208 cm³/mol. The van der Waals surface area contributed by atoms with Crippen molar-refractivity contribution in [1.29, 1.82) is 0 Å². The topological polar surface area (TPSA) is 3.24 Å². The highest BCUT2D eigenvalue weighted by molar-refractivity contribution is 5.95. The minimum atomic E-state index is -0.0953. The highest BCUT2D eigenvalue weighted by Gasteiger charge is 2.44. The van der Waals surface area contributed by atoms with E-state index in [-0.39, 0.29) is 10.8 Å². The highest BCUT2D eigenvalue weighted by atomic mass is 15.1. The van der Waals surface area contributed by atoms with Gasteiger partial charge in [0, 0.05) is 27.9 Å². The van der Waals surface area contributed by atoms with Gasteiger partial charge in [-0.05, 0) is 130 Å². The van der Waals surface area contributed by atoms with Crippen molar-refractivity contribution in [2.24, 2.45) is 0 Å². The molecule has 2 saturated carbocycles. The fraction of sp³-hybridized carbons (Fsp3) is 0.375. The van der Waals surface area contributed by atoms with E-state index in [9.17, 15) is 0 Å². The van der Waals surface area contributed by atoms with E-state index in [2.05, 4.69) is 136 Å². The number of anilines is 3. The Balaban J connectivity index is 1.15. The molecule has 0 amide bonds. The van der Waals surface area contributed by atoms with Gasteiger partial charge in [-0.3, -0.25) is 0 Å². The normalized spacial score (nSPS) is 19.2. The lowest BCUT2D eigenvalue weighted by Crippen LogP contribution is -2.18. The molecule has 248 valence electrons. The third-order valence-electron chi connectivity index (χ3n) is 13.1. The van der Waals surface area contributed by atoms with Crippen molar-refractivity contribution >= 4 is 17.1 Å². The summed E-state index contributed by atoms with van der Waals surface area (Å²) in [5.74, 6) is 1.42. The molecule has 0 spiro atoms. The van der Waals surface area contributed by atoms with Crippen LogP contribution in [-0.4, -0.2) is 0 Å². The Bertz CT molecular complexity index is 1950. The molecule has 0 aromatic heterocycles. The van der Waals surface area contributed by atoms with Crippen molar-refractivity contribution in [2.45, 2.75) is 115 Å². The number of hydrogen-bond donors (Lipinski definition) is 0. The minimum Gasteiger partial charge on any atom is -0.310 e. The van der Waals surface area contributed by atoms with Gasteiger partial charge >= 0.3 is 0 Å². The molecule has 0 radical (unpaired) electrons. The summed E-state index contributed by atoms with van der Waals surface area (Å²) in [6.07, 6.45) is 13.6. The molecule has 0 saturated heterocycles. The fourth-order valence-electron chi connectivity index (χ4n) is 10.3. The van der Waals surface area contributed by atoms with Crippen LogP contribution in [0.25, 0.3) is 22.3 Å². The fourth-order valence-corrected chi connectivity index (χ4v) is 10.3. The Morgan fingerprint density at radius 1 is 0.449 bits per heavy atom. The van der Waals surface area contributed by atoms with E-state index in [1.807, 2.05) is 0 Å². The van der Waals surface area contributed by atoms with Gasteiger partial charge in [0.05, 0.1) is 0 Å². The van der Waals surface area contributed by atoms with E-state index >= 15 is 0 Å². The summed E-state index contributed by atoms with van der Waals surface area (Å²) in [5.41, 5.74) is 18.1. The van der Waals surface area contributed by atoms with Crippen molar-refractivity contribution < 1.29 is 0 Å². The van der Waals surface area contributed by atoms with Crippen molar-refractivity contribution in [3.63, 3.8) is 0 Å². The van der Waals surface area contributed by atoms with Gasteiger partial charge in [0.2, 0.25) is 0 Å². The van der Waals surface area contributed by atoms with Gasteiger partial charge < -0.3 is 4.90 Å². The lowest BCUT2D eigenvalue weighted by atomic mass is 9.77. The summed E-state index contributed by atoms with van der Waals surface area (Å²) in [6.45, 7) is 9.72. The second kappa shape index (κ2) is 11.8. The summed E-state index contributed by atoms with van der Waals surface area (Å²) in [4.78, 5) is 2.51. The molecule has 4 aliphatic rings. The van der Waals surface area contributed by atoms with Crippen LogP contribution in [0.1, 0.15) is 137 Å². The summed E-state index contributed by atoms with van der Waals surface area (Å²) in [7, 11) is 0. The molecular weight excluding hydrogens is 591 g/mol. The van der Waals surface area contributed by atoms with E-state index in [0.29, 0.717) is 11.8 Å². The summed E-state index contributed by atoms with van der Waals surface area (Å²) in [5, 5.41) is 0. The maximum absolute atomic E-state index is 2.51. The van der Waals surface area contributed by atoms with E-state index in [0.717, 1.165) is 0 Å². The van der Waals surface area contributed by atoms with Crippen molar-refractivity contribution in [1.82, 2.24) is 0 Å². The zero-order valence-corrected chi connectivity index (χ0v) is 30.0. The van der Waals surface area contributed by atoms with Crippen LogP contribution in [0.2, 0.25) is 0 Å². The standard InChI is InChI=1S/C48H51N/c1-47(2)43-30-29-40-39-17-11-12-18-42(39)48(3,4)46(40)45(43)41-28-27-38(31-44(41)47)49(36-23-19-34(20-24-36)32-13-7-5-8-14-32)37-25-21-35(22-26-37)33-15-9-6-10-16-33/h11-12,17-33H,5-10,13-16H2,1-4H3. The second-order valence-electron chi connectivity index (χ2n) is 16.6. The summed E-state index contributed by atoms with van der Waals surface area (Å²) >= 11 is 0. The van der Waals surface area contributed by atoms with Crippen molar-refractivity contribution in [3.8, 4) is 22.3 Å². The van der Waals surface area contributed by atoms with Crippen LogP contribution >= 0.6 is 0 Å². The Hall–Kier alpha value is -4.10. The quantitative estimate of drug-likeness (QED) is 0.185. The molecule has 0 N–H and O–H groups in total. The smallest absolute Gasteiger partial charge is 0.0465 e. The van der Waals surface area contributed by atoms with Crippen LogP contribution in [0.5, 0.6) is 0 Å². The van der Waals surface area contributed by atoms with Gasteiger partial charge in [0.25, 0.3) is 0 Å². The lowest BCUT2D eigenvalue weighted by Gasteiger charge is -2.29. The third kappa shape index (κ3) is 4.94. The Morgan fingerprint density at radius 2 is 0.980 bits per heavy atom. The SMILES string of the molecule is CC1(C)c2cc(N(c3ccc(C4CCCCC4)cc3)c3ccc(C4CCCCC4)cc3)ccc2-c2c1ccc1c2C(C)(C)c2ccccc2-1. The van der Waals surface area contributed by atoms with Crippen LogP contribution in [0, 0.1) is 0 Å². The molecule has 0 heterocycles. The molecule has 5 aromatic carbocycles. The number of benzene rings is 5. The second-order valence-corrected chi connectivity index (χ2v) is 16.6. The number of hydrogen-bond acceptors (Lipinski definition) is 1. The molecule has 1 nitrogen and oxygen atoms in total. The minimum absolute atomic E-state index is 0.0418. The predicted octanol–water partition coefficient (Wildman–Crippen LogP) is 13.9. The van der Waals surface area contributed by atoms with E-state index in [1.54, 1.807) is 0 Å². The molecule has 1 heteroatoms. The Labute approximate surface area is 294 Å². The van der Waals surface area contributed by atoms with Gasteiger partial charge in [0.15, 0.2) is 0 Å². The van der Waals surface area contributed by atoms with E-state index in [4.69, 9.17) is 0 Å². The number of fused-ring (bicyclic) bond motifs is 7. The molecular formula is C48H51N. The van der Waals surface area contributed by atoms with Gasteiger partial charge in [-0.2, -0.15) is 0 Å². The lowest BCUT2D eigenvalue weighted by molar-refractivity contribution is 0.443. The van der Waals surface area contributed by atoms with E-state index in [1.165, 1.54) is 137 Å². The molecule has 2 fully saturated rings. The maximum atomic E-state index is 2.51. The zero-order chi connectivity index (χ0) is 33.3. The zero-order valence-electron chi connectivity index (χ0n) is 30.0. The monoisotopic (exact) mass is 641 g/mol. The first-order chi connectivity index (χ1) is 23.8. The first kappa shape index (κ1) is 30.9. The van der Waals surface area contributed by atoms with Crippen LogP contribution in [-0.2, 0) is 10.8 Å².